The highest BCUT2D eigenvalue weighted by Crippen LogP contribution is 2.41. The summed E-state index contributed by atoms with van der Waals surface area (Å²) < 4.78 is 16.8. The van der Waals surface area contributed by atoms with Crippen LogP contribution in [0, 0.1) is 6.92 Å². The van der Waals surface area contributed by atoms with E-state index in [9.17, 15) is 4.79 Å². The average molecular weight is 355 g/mol. The lowest BCUT2D eigenvalue weighted by Crippen LogP contribution is -2.50. The van der Waals surface area contributed by atoms with Crippen LogP contribution in [0.25, 0.3) is 10.9 Å². The number of ether oxygens (including phenoxy) is 3. The van der Waals surface area contributed by atoms with Gasteiger partial charge in [0.25, 0.3) is 0 Å². The number of aromatic nitrogens is 1. The molecule has 1 spiro atoms. The zero-order valence-electron chi connectivity index (χ0n) is 14.9. The second-order valence-corrected chi connectivity index (χ2v) is 7.44. The summed E-state index contributed by atoms with van der Waals surface area (Å²) >= 11 is 0. The van der Waals surface area contributed by atoms with Crippen LogP contribution in [-0.4, -0.2) is 55.1 Å². The zero-order chi connectivity index (χ0) is 17.9. The van der Waals surface area contributed by atoms with Gasteiger partial charge in [-0.3, -0.25) is 4.98 Å². The molecule has 3 aliphatic rings. The molecule has 26 heavy (non-hydrogen) atoms. The molecule has 5 rings (SSSR count). The van der Waals surface area contributed by atoms with Crippen LogP contribution in [0.1, 0.15) is 18.5 Å². The monoisotopic (exact) mass is 355 g/mol. The van der Waals surface area contributed by atoms with Crippen LogP contribution < -0.4 is 14.4 Å². The summed E-state index contributed by atoms with van der Waals surface area (Å²) in [5, 5.41) is 1.04. The Bertz CT molecular complexity index is 915. The number of piperidine rings is 1. The van der Waals surface area contributed by atoms with Gasteiger partial charge < -0.3 is 24.0 Å². The van der Waals surface area contributed by atoms with Crippen molar-refractivity contribution in [1.82, 2.24) is 9.88 Å². The molecule has 0 radical (unpaired) electrons. The van der Waals surface area contributed by atoms with Crippen LogP contribution >= 0.6 is 0 Å². The molecule has 0 bridgehead atoms. The van der Waals surface area contributed by atoms with Crippen molar-refractivity contribution in [3.05, 3.63) is 23.9 Å². The van der Waals surface area contributed by atoms with Gasteiger partial charge in [-0.25, -0.2) is 4.79 Å². The van der Waals surface area contributed by atoms with Crippen molar-refractivity contribution in [3.8, 4) is 11.5 Å². The third-order valence-corrected chi connectivity index (χ3v) is 5.43. The fourth-order valence-corrected chi connectivity index (χ4v) is 4.30. The second-order valence-electron chi connectivity index (χ2n) is 7.44. The molecule has 1 amide bonds. The van der Waals surface area contributed by atoms with E-state index in [1.165, 1.54) is 0 Å². The minimum absolute atomic E-state index is 0.231. The van der Waals surface area contributed by atoms with Crippen LogP contribution in [0.5, 0.6) is 11.5 Å². The smallest absolute Gasteiger partial charge is 0.410 e. The Morgan fingerprint density at radius 3 is 2.73 bits per heavy atom. The summed E-state index contributed by atoms with van der Waals surface area (Å²) in [6.45, 7) is 4.49. The number of carbonyl (C=O) groups is 1. The summed E-state index contributed by atoms with van der Waals surface area (Å²) in [7, 11) is 1.79. The predicted molar refractivity (Wildman–Crippen MR) is 95.9 cm³/mol. The number of hydrogen-bond acceptors (Lipinski definition) is 6. The summed E-state index contributed by atoms with van der Waals surface area (Å²) in [4.78, 5) is 20.6. The number of nitrogens with zero attached hydrogens (tertiary/aromatic N) is 3. The van der Waals surface area contributed by atoms with Gasteiger partial charge in [-0.05, 0) is 31.9 Å². The number of pyridine rings is 1. The molecule has 0 N–H and O–H groups in total. The number of carbonyl (C=O) groups excluding carboxylic acids is 1. The molecular formula is C19H21N3O4. The molecule has 2 fully saturated rings. The highest BCUT2D eigenvalue weighted by Gasteiger charge is 2.46. The number of aryl methyl sites for hydroxylation is 1. The molecule has 1 aromatic carbocycles. The van der Waals surface area contributed by atoms with Crippen LogP contribution in [0.3, 0.4) is 0 Å². The quantitative estimate of drug-likeness (QED) is 0.784. The Hall–Kier alpha value is -2.70. The molecule has 7 heteroatoms. The minimum Gasteiger partial charge on any atom is -0.454 e. The first-order valence-corrected chi connectivity index (χ1v) is 8.93. The first-order chi connectivity index (χ1) is 12.5. The van der Waals surface area contributed by atoms with Gasteiger partial charge in [0.2, 0.25) is 6.79 Å². The van der Waals surface area contributed by atoms with Crippen LogP contribution in [0.15, 0.2) is 18.2 Å². The van der Waals surface area contributed by atoms with Crippen molar-refractivity contribution in [2.45, 2.75) is 25.4 Å². The maximum absolute atomic E-state index is 11.9. The van der Waals surface area contributed by atoms with Gasteiger partial charge in [0.15, 0.2) is 11.5 Å². The van der Waals surface area contributed by atoms with E-state index < -0.39 is 5.60 Å². The van der Waals surface area contributed by atoms with Gasteiger partial charge >= 0.3 is 6.09 Å². The van der Waals surface area contributed by atoms with Crippen molar-refractivity contribution in [1.29, 1.82) is 0 Å². The molecule has 0 unspecified atom stereocenters. The Balaban J connectivity index is 1.57. The van der Waals surface area contributed by atoms with Crippen molar-refractivity contribution in [3.63, 3.8) is 0 Å². The lowest BCUT2D eigenvalue weighted by atomic mass is 9.92. The molecule has 0 saturated carbocycles. The maximum atomic E-state index is 11.9. The maximum Gasteiger partial charge on any atom is 0.410 e. The third kappa shape index (κ3) is 2.34. The van der Waals surface area contributed by atoms with Gasteiger partial charge in [-0.15, -0.1) is 0 Å². The van der Waals surface area contributed by atoms with Gasteiger partial charge in [0.1, 0.15) is 5.60 Å². The molecule has 3 aliphatic heterocycles. The van der Waals surface area contributed by atoms with Crippen LogP contribution in [0.2, 0.25) is 0 Å². The van der Waals surface area contributed by atoms with Crippen LogP contribution in [0.4, 0.5) is 10.5 Å². The molecule has 136 valence electrons. The van der Waals surface area contributed by atoms with E-state index in [0.717, 1.165) is 53.2 Å². The topological polar surface area (TPSA) is 64.1 Å². The lowest BCUT2D eigenvalue weighted by Gasteiger charge is -2.40. The summed E-state index contributed by atoms with van der Waals surface area (Å²) in [5.74, 6) is 1.49. The van der Waals surface area contributed by atoms with E-state index in [1.54, 1.807) is 11.9 Å². The number of likely N-dealkylation sites (N-methyl/N-ethyl adjacent to an activating group) is 1. The van der Waals surface area contributed by atoms with Crippen molar-refractivity contribution in [2.75, 3.05) is 38.4 Å². The van der Waals surface area contributed by atoms with Crippen molar-refractivity contribution in [2.24, 2.45) is 0 Å². The van der Waals surface area contributed by atoms with E-state index in [4.69, 9.17) is 14.2 Å². The normalized spacial score (nSPS) is 24.6. The zero-order valence-corrected chi connectivity index (χ0v) is 14.9. The van der Waals surface area contributed by atoms with E-state index in [2.05, 4.69) is 16.0 Å². The van der Waals surface area contributed by atoms with E-state index in [-0.39, 0.29) is 12.9 Å². The van der Waals surface area contributed by atoms with Crippen molar-refractivity contribution >= 4 is 22.7 Å². The Morgan fingerprint density at radius 2 is 1.96 bits per heavy atom. The number of rotatable bonds is 1. The number of hydrogen-bond donors (Lipinski definition) is 0. The molecule has 1 aromatic heterocycles. The van der Waals surface area contributed by atoms with Crippen molar-refractivity contribution < 1.29 is 19.0 Å². The fourth-order valence-electron chi connectivity index (χ4n) is 4.30. The summed E-state index contributed by atoms with van der Waals surface area (Å²) in [6, 6.07) is 6.05. The Kier molecular flexibility index (Phi) is 3.23. The fraction of sp³-hybridized carbons (Fsp3) is 0.474. The van der Waals surface area contributed by atoms with E-state index in [0.29, 0.717) is 13.1 Å². The first kappa shape index (κ1) is 15.5. The summed E-state index contributed by atoms with van der Waals surface area (Å²) in [6.07, 6.45) is 1.65. The van der Waals surface area contributed by atoms with Gasteiger partial charge in [-0.2, -0.15) is 0 Å². The highest BCUT2D eigenvalue weighted by atomic mass is 16.7. The number of anilines is 1. The third-order valence-electron chi connectivity index (χ3n) is 5.43. The molecule has 4 heterocycles. The molecular weight excluding hydrogens is 334 g/mol. The molecule has 2 aromatic rings. The lowest BCUT2D eigenvalue weighted by molar-refractivity contribution is 0.0448. The molecule has 7 nitrogen and oxygen atoms in total. The molecule has 1 atom stereocenters. The van der Waals surface area contributed by atoms with Crippen LogP contribution in [-0.2, 0) is 4.74 Å². The van der Waals surface area contributed by atoms with E-state index in [1.807, 2.05) is 19.1 Å². The van der Waals surface area contributed by atoms with Gasteiger partial charge in [0.05, 0.1) is 18.6 Å². The molecule has 2 saturated heterocycles. The predicted octanol–water partition coefficient (Wildman–Crippen LogP) is 2.69. The highest BCUT2D eigenvalue weighted by molar-refractivity contribution is 5.94. The number of benzene rings is 1. The van der Waals surface area contributed by atoms with E-state index >= 15 is 0 Å². The minimum atomic E-state index is -0.427. The second kappa shape index (κ2) is 5.40. The number of amides is 1. The molecule has 0 aliphatic carbocycles. The standard InChI is InChI=1S/C19H21N3O4/c1-12-6-15(13-7-16-17(25-11-24-16)8-14(13)20-12)22-5-3-4-19(10-22)9-21(2)18(23)26-19/h6-8H,3-5,9-11H2,1-2H3/t19-/m1/s1. The number of fused-ring (bicyclic) bond motifs is 2. The Morgan fingerprint density at radius 1 is 1.15 bits per heavy atom. The average Bonchev–Trinajstić information content (AvgIpc) is 3.16. The van der Waals surface area contributed by atoms with Gasteiger partial charge in [-0.1, -0.05) is 0 Å². The largest absolute Gasteiger partial charge is 0.454 e. The van der Waals surface area contributed by atoms with Gasteiger partial charge in [0, 0.05) is 36.4 Å². The SMILES string of the molecule is Cc1cc(N2CCC[C@@]3(CN(C)C(=O)O3)C2)c2cc3c(cc2n1)OCO3. The summed E-state index contributed by atoms with van der Waals surface area (Å²) in [5.41, 5.74) is 2.52. The first-order valence-electron chi connectivity index (χ1n) is 8.93. The Labute approximate surface area is 151 Å².